The molecule has 152 valence electrons. The molecule has 1 saturated heterocycles. The summed E-state index contributed by atoms with van der Waals surface area (Å²) in [4.78, 5) is 25.2. The Labute approximate surface area is 154 Å². The van der Waals surface area contributed by atoms with Gasteiger partial charge in [-0.15, -0.1) is 0 Å². The molecule has 0 spiro atoms. The Morgan fingerprint density at radius 3 is 2.44 bits per heavy atom. The number of hydrogen-bond acceptors (Lipinski definition) is 5. The molecule has 0 saturated carbocycles. The van der Waals surface area contributed by atoms with Gasteiger partial charge in [-0.3, -0.25) is 14.1 Å². The van der Waals surface area contributed by atoms with Crippen LogP contribution in [-0.2, 0) is 21.1 Å². The molecule has 2 amide bonds. The lowest BCUT2D eigenvalue weighted by Gasteiger charge is -2.16. The lowest BCUT2D eigenvalue weighted by molar-refractivity contribution is -0.137. The molecular weight excluding hydrogens is 391 g/mol. The average Bonchev–Trinajstić information content (AvgIpc) is 2.96. The fourth-order valence-corrected chi connectivity index (χ4v) is 2.22. The number of halogens is 3. The van der Waals surface area contributed by atoms with E-state index in [4.69, 9.17) is 10.3 Å². The maximum atomic E-state index is 12.6. The number of rotatable bonds is 3. The number of carbonyl (C=O) groups is 2. The van der Waals surface area contributed by atoms with Crippen LogP contribution in [0.25, 0.3) is 0 Å². The predicted octanol–water partition coefficient (Wildman–Crippen LogP) is 0.499. The number of nitrogens with one attached hydrogen (secondary N) is 1. The van der Waals surface area contributed by atoms with Crippen LogP contribution in [0.1, 0.15) is 22.3 Å². The van der Waals surface area contributed by atoms with Crippen molar-refractivity contribution in [2.75, 3.05) is 25.9 Å². The highest BCUT2D eigenvalue weighted by molar-refractivity contribution is 7.85. The second-order valence-electron chi connectivity index (χ2n) is 5.88. The van der Waals surface area contributed by atoms with Gasteiger partial charge in [-0.25, -0.2) is 0 Å². The van der Waals surface area contributed by atoms with Crippen molar-refractivity contribution in [3.05, 3.63) is 35.4 Å². The smallest absolute Gasteiger partial charge is 0.343 e. The molecule has 0 radical (unpaired) electrons. The third kappa shape index (κ3) is 8.84. The fraction of sp³-hybridized carbons (Fsp3) is 0.467. The van der Waals surface area contributed by atoms with E-state index in [0.717, 1.165) is 18.2 Å². The summed E-state index contributed by atoms with van der Waals surface area (Å²) in [6.45, 7) is 0.694. The third-order valence-corrected chi connectivity index (χ3v) is 3.43. The number of alkyl halides is 3. The summed E-state index contributed by atoms with van der Waals surface area (Å²) in [5.74, 6) is -1.02. The Morgan fingerprint density at radius 2 is 1.96 bits per heavy atom. The van der Waals surface area contributed by atoms with E-state index >= 15 is 0 Å². The molecule has 1 aliphatic heterocycles. The monoisotopic (exact) mass is 411 g/mol. The second kappa shape index (κ2) is 9.15. The standard InChI is InChI=1S/C14H16F3N3O2.CH4O3S/c15-14(16,17)10-3-1-2-9(6-10)13(22)19-7-12(21)20-5-4-11(18)8-20;1-5(2,3)4/h1-3,6,11H,4-5,7-8,18H2,(H,19,22);1H3,(H,2,3,4)/t11-;/m0./s1. The van der Waals surface area contributed by atoms with Crippen LogP contribution in [0.5, 0.6) is 0 Å². The molecule has 0 aliphatic carbocycles. The van der Waals surface area contributed by atoms with Crippen LogP contribution in [0.3, 0.4) is 0 Å². The van der Waals surface area contributed by atoms with E-state index in [1.54, 1.807) is 0 Å². The van der Waals surface area contributed by atoms with E-state index in [2.05, 4.69) is 5.32 Å². The van der Waals surface area contributed by atoms with Crippen LogP contribution in [0, 0.1) is 0 Å². The third-order valence-electron chi connectivity index (χ3n) is 3.43. The summed E-state index contributed by atoms with van der Waals surface area (Å²) in [5.41, 5.74) is 4.64. The van der Waals surface area contributed by atoms with Crippen molar-refractivity contribution < 1.29 is 35.7 Å². The SMILES string of the molecule is CS(=O)(=O)O.N[C@H]1CCN(C(=O)CNC(=O)c2cccc(C(F)(F)F)c2)C1. The number of nitrogens with zero attached hydrogens (tertiary/aromatic N) is 1. The van der Waals surface area contributed by atoms with Gasteiger partial charge in [-0.1, -0.05) is 6.07 Å². The Bertz CT molecular complexity index is 775. The van der Waals surface area contributed by atoms with Gasteiger partial charge in [0.05, 0.1) is 18.4 Å². The normalized spacial score (nSPS) is 17.1. The molecular formula is C15H20F3N3O5S. The van der Waals surface area contributed by atoms with Gasteiger partial charge in [0.25, 0.3) is 16.0 Å². The van der Waals surface area contributed by atoms with Gasteiger partial charge in [0.2, 0.25) is 5.91 Å². The van der Waals surface area contributed by atoms with E-state index in [1.165, 1.54) is 11.0 Å². The van der Waals surface area contributed by atoms with Crippen molar-refractivity contribution in [3.63, 3.8) is 0 Å². The molecule has 4 N–H and O–H groups in total. The van der Waals surface area contributed by atoms with Crippen molar-refractivity contribution >= 4 is 21.9 Å². The lowest BCUT2D eigenvalue weighted by atomic mass is 10.1. The highest BCUT2D eigenvalue weighted by Crippen LogP contribution is 2.29. The zero-order chi connectivity index (χ0) is 20.8. The van der Waals surface area contributed by atoms with Gasteiger partial charge in [0.15, 0.2) is 0 Å². The lowest BCUT2D eigenvalue weighted by Crippen LogP contribution is -2.40. The van der Waals surface area contributed by atoms with Gasteiger partial charge in [0, 0.05) is 24.7 Å². The van der Waals surface area contributed by atoms with E-state index in [0.29, 0.717) is 25.8 Å². The molecule has 1 fully saturated rings. The molecule has 0 unspecified atom stereocenters. The molecule has 1 aromatic rings. The predicted molar refractivity (Wildman–Crippen MR) is 90.4 cm³/mol. The maximum absolute atomic E-state index is 12.6. The topological polar surface area (TPSA) is 130 Å². The average molecular weight is 411 g/mol. The van der Waals surface area contributed by atoms with Crippen molar-refractivity contribution in [3.8, 4) is 0 Å². The van der Waals surface area contributed by atoms with Gasteiger partial charge >= 0.3 is 6.18 Å². The summed E-state index contributed by atoms with van der Waals surface area (Å²) in [7, 11) is -3.67. The Kier molecular flexibility index (Phi) is 7.75. The molecule has 1 heterocycles. The minimum atomic E-state index is -4.52. The molecule has 12 heteroatoms. The van der Waals surface area contributed by atoms with E-state index in [-0.39, 0.29) is 24.1 Å². The number of benzene rings is 1. The number of hydrogen-bond donors (Lipinski definition) is 3. The van der Waals surface area contributed by atoms with Crippen molar-refractivity contribution in [1.82, 2.24) is 10.2 Å². The fourth-order valence-electron chi connectivity index (χ4n) is 2.22. The molecule has 8 nitrogen and oxygen atoms in total. The number of likely N-dealkylation sites (tertiary alicyclic amines) is 1. The van der Waals surface area contributed by atoms with Crippen molar-refractivity contribution in [1.29, 1.82) is 0 Å². The first-order chi connectivity index (χ1) is 12.3. The van der Waals surface area contributed by atoms with Crippen molar-refractivity contribution in [2.24, 2.45) is 5.73 Å². The first kappa shape index (κ1) is 22.9. The van der Waals surface area contributed by atoms with Gasteiger partial charge in [-0.05, 0) is 24.6 Å². The molecule has 2 rings (SSSR count). The number of nitrogens with two attached hydrogens (primary N) is 1. The van der Waals surface area contributed by atoms with Crippen molar-refractivity contribution in [2.45, 2.75) is 18.6 Å². The number of amides is 2. The summed E-state index contributed by atoms with van der Waals surface area (Å²) in [5, 5.41) is 2.33. The summed E-state index contributed by atoms with van der Waals surface area (Å²) >= 11 is 0. The van der Waals surface area contributed by atoms with Crippen LogP contribution in [0.2, 0.25) is 0 Å². The van der Waals surface area contributed by atoms with E-state index in [9.17, 15) is 31.2 Å². The second-order valence-corrected chi connectivity index (χ2v) is 7.35. The quantitative estimate of drug-likeness (QED) is 0.621. The molecule has 1 atom stereocenters. The van der Waals surface area contributed by atoms with Gasteiger partial charge in [-0.2, -0.15) is 21.6 Å². The van der Waals surface area contributed by atoms with Crippen LogP contribution >= 0.6 is 0 Å². The Morgan fingerprint density at radius 1 is 1.37 bits per heavy atom. The zero-order valence-corrected chi connectivity index (χ0v) is 15.2. The van der Waals surface area contributed by atoms with Crippen LogP contribution in [0.4, 0.5) is 13.2 Å². The maximum Gasteiger partial charge on any atom is 0.416 e. The highest BCUT2D eigenvalue weighted by atomic mass is 32.2. The number of carbonyl (C=O) groups excluding carboxylic acids is 2. The van der Waals surface area contributed by atoms with Gasteiger partial charge in [0.1, 0.15) is 0 Å². The molecule has 1 aromatic carbocycles. The van der Waals surface area contributed by atoms with Gasteiger partial charge < -0.3 is 16.0 Å². The van der Waals surface area contributed by atoms with Crippen LogP contribution in [0.15, 0.2) is 24.3 Å². The largest absolute Gasteiger partial charge is 0.416 e. The minimum Gasteiger partial charge on any atom is -0.343 e. The van der Waals surface area contributed by atoms with Crippen LogP contribution < -0.4 is 11.1 Å². The molecule has 1 aliphatic rings. The van der Waals surface area contributed by atoms with E-state index in [1.807, 2.05) is 0 Å². The van der Waals surface area contributed by atoms with Crippen LogP contribution in [-0.4, -0.2) is 61.6 Å². The Balaban J connectivity index is 0.000000646. The molecule has 0 aromatic heterocycles. The summed E-state index contributed by atoms with van der Waals surface area (Å²) in [6, 6.07) is 3.99. The zero-order valence-electron chi connectivity index (χ0n) is 14.4. The summed E-state index contributed by atoms with van der Waals surface area (Å²) in [6.07, 6.45) is -3.10. The summed E-state index contributed by atoms with van der Waals surface area (Å²) < 4.78 is 63.6. The first-order valence-electron chi connectivity index (χ1n) is 7.68. The first-order valence-corrected chi connectivity index (χ1v) is 9.53. The minimum absolute atomic E-state index is 0.0666. The molecule has 0 bridgehead atoms. The Hall–Kier alpha value is -2.18. The highest BCUT2D eigenvalue weighted by Gasteiger charge is 2.31. The van der Waals surface area contributed by atoms with E-state index < -0.39 is 27.8 Å². The molecule has 27 heavy (non-hydrogen) atoms.